The van der Waals surface area contributed by atoms with E-state index in [1.54, 1.807) is 0 Å². The summed E-state index contributed by atoms with van der Waals surface area (Å²) in [6, 6.07) is 0.257. The molecule has 3 N–H and O–H groups in total. The van der Waals surface area contributed by atoms with E-state index >= 15 is 0 Å². The Morgan fingerprint density at radius 3 is 2.53 bits per heavy atom. The van der Waals surface area contributed by atoms with Gasteiger partial charge >= 0.3 is 0 Å². The van der Waals surface area contributed by atoms with Crippen molar-refractivity contribution in [3.8, 4) is 0 Å². The van der Waals surface area contributed by atoms with E-state index < -0.39 is 0 Å². The van der Waals surface area contributed by atoms with Crippen LogP contribution in [0.5, 0.6) is 0 Å². The second-order valence-corrected chi connectivity index (χ2v) is 8.12. The van der Waals surface area contributed by atoms with Gasteiger partial charge in [-0.05, 0) is 77.7 Å². The molecule has 0 saturated heterocycles. The molecule has 0 bridgehead atoms. The van der Waals surface area contributed by atoms with Crippen molar-refractivity contribution in [1.82, 2.24) is 20.9 Å². The van der Waals surface area contributed by atoms with Gasteiger partial charge in [-0.1, -0.05) is 25.3 Å². The Morgan fingerprint density at radius 2 is 2.00 bits per heavy atom. The summed E-state index contributed by atoms with van der Waals surface area (Å²) in [4.78, 5) is 6.60. The maximum atomic E-state index is 4.27. The lowest BCUT2D eigenvalue weighted by Gasteiger charge is -2.24. The largest absolute Gasteiger partial charge is 0.367 e. The smallest absolute Gasteiger partial charge is 0.132 e. The van der Waals surface area contributed by atoms with E-state index in [4.69, 9.17) is 0 Å². The first kappa shape index (κ1) is 25.7. The summed E-state index contributed by atoms with van der Waals surface area (Å²) in [6.45, 7) is 23.5. The third-order valence-corrected chi connectivity index (χ3v) is 5.02. The van der Waals surface area contributed by atoms with Gasteiger partial charge in [-0.2, -0.15) is 0 Å². The van der Waals surface area contributed by atoms with Crippen LogP contribution < -0.4 is 16.0 Å². The molecule has 0 aromatic rings. The van der Waals surface area contributed by atoms with Crippen LogP contribution in [0.2, 0.25) is 0 Å². The molecule has 1 heterocycles. The zero-order valence-electron chi connectivity index (χ0n) is 19.9. The average Bonchev–Trinajstić information content (AvgIpc) is 2.67. The molecule has 1 aliphatic rings. The summed E-state index contributed by atoms with van der Waals surface area (Å²) in [5.41, 5.74) is 6.71. The highest BCUT2D eigenvalue weighted by Crippen LogP contribution is 2.30. The number of rotatable bonds is 13. The summed E-state index contributed by atoms with van der Waals surface area (Å²) in [7, 11) is 4.13. The maximum Gasteiger partial charge on any atom is 0.132 e. The quantitative estimate of drug-likeness (QED) is 0.313. The molecule has 0 amide bonds. The Labute approximate surface area is 184 Å². The zero-order valence-corrected chi connectivity index (χ0v) is 19.9. The third-order valence-electron chi connectivity index (χ3n) is 5.02. The van der Waals surface area contributed by atoms with Gasteiger partial charge in [-0.3, -0.25) is 0 Å². The molecule has 1 rings (SSSR count). The fourth-order valence-corrected chi connectivity index (χ4v) is 3.45. The lowest BCUT2D eigenvalue weighted by molar-refractivity contribution is 0.341. The second kappa shape index (κ2) is 13.0. The minimum absolute atomic E-state index is 0.257. The first-order valence-electron chi connectivity index (χ1n) is 10.7. The molecule has 0 aromatic carbocycles. The van der Waals surface area contributed by atoms with Crippen LogP contribution in [0.15, 0.2) is 75.9 Å². The number of hydrogen-bond donors (Lipinski definition) is 3. The first-order valence-corrected chi connectivity index (χ1v) is 10.7. The van der Waals surface area contributed by atoms with Crippen molar-refractivity contribution in [3.05, 3.63) is 70.9 Å². The summed E-state index contributed by atoms with van der Waals surface area (Å²) < 4.78 is 0. The molecule has 0 aliphatic carbocycles. The van der Waals surface area contributed by atoms with Crippen molar-refractivity contribution in [2.24, 2.45) is 4.99 Å². The van der Waals surface area contributed by atoms with E-state index in [0.717, 1.165) is 55.3 Å². The molecule has 0 radical (unpaired) electrons. The third kappa shape index (κ3) is 8.17. The van der Waals surface area contributed by atoms with Crippen molar-refractivity contribution < 1.29 is 0 Å². The molecule has 5 heteroatoms. The highest BCUT2D eigenvalue weighted by Gasteiger charge is 2.17. The minimum atomic E-state index is 0.257. The fourth-order valence-electron chi connectivity index (χ4n) is 3.45. The maximum absolute atomic E-state index is 4.27. The number of allylic oxidation sites excluding steroid dienone is 7. The Bertz CT molecular complexity index is 750. The minimum Gasteiger partial charge on any atom is -0.367 e. The average molecular weight is 412 g/mol. The van der Waals surface area contributed by atoms with Gasteiger partial charge in [0, 0.05) is 49.1 Å². The lowest BCUT2D eigenvalue weighted by Crippen LogP contribution is -2.28. The Balaban J connectivity index is 3.27. The number of hydrogen-bond acceptors (Lipinski definition) is 5. The van der Waals surface area contributed by atoms with E-state index in [9.17, 15) is 0 Å². The van der Waals surface area contributed by atoms with Gasteiger partial charge in [0.15, 0.2) is 0 Å². The molecule has 0 atom stereocenters. The molecule has 1 aliphatic heterocycles. The van der Waals surface area contributed by atoms with Crippen molar-refractivity contribution in [2.45, 2.75) is 46.6 Å². The highest BCUT2D eigenvalue weighted by molar-refractivity contribution is 5.52. The Morgan fingerprint density at radius 1 is 1.30 bits per heavy atom. The molecule has 30 heavy (non-hydrogen) atoms. The van der Waals surface area contributed by atoms with Crippen LogP contribution in [0.3, 0.4) is 0 Å². The lowest BCUT2D eigenvalue weighted by atomic mass is 9.91. The van der Waals surface area contributed by atoms with Gasteiger partial charge in [0.05, 0.1) is 0 Å². The predicted octanol–water partition coefficient (Wildman–Crippen LogP) is 4.28. The van der Waals surface area contributed by atoms with E-state index in [0.29, 0.717) is 0 Å². The van der Waals surface area contributed by atoms with Crippen LogP contribution in [-0.2, 0) is 0 Å². The van der Waals surface area contributed by atoms with E-state index in [1.165, 1.54) is 16.7 Å². The van der Waals surface area contributed by atoms with Gasteiger partial charge in [0.2, 0.25) is 0 Å². The molecule has 5 nitrogen and oxygen atoms in total. The van der Waals surface area contributed by atoms with Crippen LogP contribution in [0.25, 0.3) is 0 Å². The molecule has 0 spiro atoms. The highest BCUT2D eigenvalue weighted by atomic mass is 15.1. The fraction of sp³-hybridized carbons (Fsp3) is 0.480. The van der Waals surface area contributed by atoms with Crippen LogP contribution in [0.1, 0.15) is 40.5 Å². The number of dihydropyridines is 1. The summed E-state index contributed by atoms with van der Waals surface area (Å²) in [6.07, 6.45) is 8.07. The summed E-state index contributed by atoms with van der Waals surface area (Å²) in [5, 5.41) is 9.98. The van der Waals surface area contributed by atoms with Gasteiger partial charge in [-0.25, -0.2) is 4.99 Å². The Kier molecular flexibility index (Phi) is 11.2. The van der Waals surface area contributed by atoms with Gasteiger partial charge in [-0.15, -0.1) is 0 Å². The van der Waals surface area contributed by atoms with Crippen LogP contribution in [-0.4, -0.2) is 51.4 Å². The number of nitrogens with one attached hydrogen (secondary N) is 3. The molecule has 0 saturated carbocycles. The van der Waals surface area contributed by atoms with E-state index in [2.05, 4.69) is 92.6 Å². The first-order chi connectivity index (χ1) is 14.2. The monoisotopic (exact) mass is 411 g/mol. The summed E-state index contributed by atoms with van der Waals surface area (Å²) in [5.74, 6) is 0.772. The second-order valence-electron chi connectivity index (χ2n) is 8.12. The predicted molar refractivity (Wildman–Crippen MR) is 133 cm³/mol. The van der Waals surface area contributed by atoms with Crippen molar-refractivity contribution in [3.63, 3.8) is 0 Å². The van der Waals surface area contributed by atoms with Crippen molar-refractivity contribution in [1.29, 1.82) is 0 Å². The van der Waals surface area contributed by atoms with E-state index in [1.807, 2.05) is 13.1 Å². The number of nitrogens with zero attached hydrogens (tertiary/aromatic N) is 2. The Hall–Kier alpha value is -2.37. The van der Waals surface area contributed by atoms with Crippen LogP contribution >= 0.6 is 0 Å². The zero-order chi connectivity index (χ0) is 22.7. The molecular weight excluding hydrogens is 370 g/mol. The van der Waals surface area contributed by atoms with Crippen molar-refractivity contribution in [2.75, 3.05) is 33.7 Å². The molecule has 166 valence electrons. The molecule has 0 unspecified atom stereocenters. The van der Waals surface area contributed by atoms with Gasteiger partial charge in [0.1, 0.15) is 5.82 Å². The SMILES string of the molecule is C=CC(/C(=C\CCN(C)CCNC)CC1=C(C)C=C(C)NC1=C)=C(/N=C)NC(C)C. The summed E-state index contributed by atoms with van der Waals surface area (Å²) >= 11 is 0. The number of aliphatic imine (C=N–C) groups is 1. The molecular formula is C25H41N5. The van der Waals surface area contributed by atoms with Crippen LogP contribution in [0.4, 0.5) is 0 Å². The van der Waals surface area contributed by atoms with Gasteiger partial charge in [0.25, 0.3) is 0 Å². The molecule has 0 fully saturated rings. The molecule has 0 aromatic heterocycles. The van der Waals surface area contributed by atoms with Crippen molar-refractivity contribution >= 4 is 6.72 Å². The topological polar surface area (TPSA) is 51.7 Å². The van der Waals surface area contributed by atoms with E-state index in [-0.39, 0.29) is 6.04 Å². The van der Waals surface area contributed by atoms with Gasteiger partial charge < -0.3 is 20.9 Å². The van der Waals surface area contributed by atoms with Crippen LogP contribution in [0, 0.1) is 0 Å². The standard InChI is InChI=1S/C25H41N5/c1-10-23(25(27-8)28-18(2)3)22(12-11-14-30(9)15-13-26-7)17-24-19(4)16-20(5)29-21(24)6/h10,12,16,18,26,28-29H,1,6,8,11,13-15,17H2,2-5,7,9H3/b22-12-,25-23+. The normalized spacial score (nSPS) is 15.8. The number of likely N-dealkylation sites (N-methyl/N-ethyl adjacent to an activating group) is 2.